The van der Waals surface area contributed by atoms with Crippen LogP contribution in [0.4, 0.5) is 8.78 Å². The third kappa shape index (κ3) is 2.95. The van der Waals surface area contributed by atoms with Crippen molar-refractivity contribution in [3.63, 3.8) is 0 Å². The largest absolute Gasteiger partial charge is 0.319 e. The Kier molecular flexibility index (Phi) is 4.88. The van der Waals surface area contributed by atoms with Crippen LogP contribution in [0.2, 0.25) is 0 Å². The lowest BCUT2D eigenvalue weighted by Gasteiger charge is -2.29. The van der Waals surface area contributed by atoms with Crippen molar-refractivity contribution in [3.05, 3.63) is 35.4 Å². The third-order valence-electron chi connectivity index (χ3n) is 3.90. The monoisotopic (exact) mass is 268 g/mol. The Balaban J connectivity index is 2.34. The molecule has 1 aliphatic rings. The highest BCUT2D eigenvalue weighted by atomic mass is 19.1. The van der Waals surface area contributed by atoms with Gasteiger partial charge in [0.2, 0.25) is 0 Å². The van der Waals surface area contributed by atoms with E-state index in [4.69, 9.17) is 0 Å². The standard InChI is InChI=1S/C15H22F2N2/c1-3-8-19-9-7-11(10-18-2)15(19)14-12(16)5-4-6-13(14)17/h4-6,11,15,18H,3,7-10H2,1-2H3. The molecule has 106 valence electrons. The predicted molar refractivity (Wildman–Crippen MR) is 73.0 cm³/mol. The maximum Gasteiger partial charge on any atom is 0.130 e. The zero-order valence-corrected chi connectivity index (χ0v) is 11.6. The summed E-state index contributed by atoms with van der Waals surface area (Å²) in [6, 6.07) is 4.00. The average molecular weight is 268 g/mol. The van der Waals surface area contributed by atoms with Crippen LogP contribution in [0.5, 0.6) is 0 Å². The van der Waals surface area contributed by atoms with E-state index in [0.717, 1.165) is 32.5 Å². The Morgan fingerprint density at radius 2 is 2.00 bits per heavy atom. The Hall–Kier alpha value is -1.00. The summed E-state index contributed by atoms with van der Waals surface area (Å²) in [5.74, 6) is -0.578. The number of hydrogen-bond acceptors (Lipinski definition) is 2. The van der Waals surface area contributed by atoms with Crippen LogP contribution in [0.15, 0.2) is 18.2 Å². The van der Waals surface area contributed by atoms with E-state index in [2.05, 4.69) is 17.1 Å². The van der Waals surface area contributed by atoms with Crippen molar-refractivity contribution in [2.24, 2.45) is 5.92 Å². The van der Waals surface area contributed by atoms with Crippen molar-refractivity contribution in [1.82, 2.24) is 10.2 Å². The smallest absolute Gasteiger partial charge is 0.130 e. The number of nitrogens with zero attached hydrogens (tertiary/aromatic N) is 1. The fraction of sp³-hybridized carbons (Fsp3) is 0.600. The van der Waals surface area contributed by atoms with Gasteiger partial charge in [-0.3, -0.25) is 4.90 Å². The van der Waals surface area contributed by atoms with Gasteiger partial charge in [0.05, 0.1) is 0 Å². The van der Waals surface area contributed by atoms with Crippen LogP contribution in [-0.4, -0.2) is 31.6 Å². The van der Waals surface area contributed by atoms with Crippen LogP contribution in [0.3, 0.4) is 0 Å². The summed E-state index contributed by atoms with van der Waals surface area (Å²) >= 11 is 0. The summed E-state index contributed by atoms with van der Waals surface area (Å²) in [7, 11) is 1.89. The molecule has 0 radical (unpaired) electrons. The molecule has 2 rings (SSSR count). The van der Waals surface area contributed by atoms with E-state index >= 15 is 0 Å². The van der Waals surface area contributed by atoms with Gasteiger partial charge in [-0.05, 0) is 57.6 Å². The van der Waals surface area contributed by atoms with Crippen molar-refractivity contribution in [2.75, 3.05) is 26.7 Å². The summed E-state index contributed by atoms with van der Waals surface area (Å²) in [4.78, 5) is 2.21. The average Bonchev–Trinajstić information content (AvgIpc) is 2.74. The molecule has 1 saturated heterocycles. The molecule has 2 atom stereocenters. The molecular weight excluding hydrogens is 246 g/mol. The summed E-state index contributed by atoms with van der Waals surface area (Å²) in [5.41, 5.74) is 0.244. The molecule has 1 aromatic rings. The van der Waals surface area contributed by atoms with Crippen LogP contribution in [0, 0.1) is 17.6 Å². The lowest BCUT2D eigenvalue weighted by Crippen LogP contribution is -2.31. The molecule has 0 saturated carbocycles. The van der Waals surface area contributed by atoms with Gasteiger partial charge in [0.25, 0.3) is 0 Å². The molecule has 4 heteroatoms. The first-order chi connectivity index (χ1) is 9.19. The van der Waals surface area contributed by atoms with Gasteiger partial charge in [0.15, 0.2) is 0 Å². The van der Waals surface area contributed by atoms with Gasteiger partial charge in [0, 0.05) is 11.6 Å². The normalized spacial score (nSPS) is 24.0. The third-order valence-corrected chi connectivity index (χ3v) is 3.90. The summed E-state index contributed by atoms with van der Waals surface area (Å²) in [6.07, 6.45) is 1.98. The summed E-state index contributed by atoms with van der Waals surface area (Å²) < 4.78 is 28.1. The first-order valence-corrected chi connectivity index (χ1v) is 7.01. The number of likely N-dealkylation sites (tertiary alicyclic amines) is 1. The number of halogens is 2. The van der Waals surface area contributed by atoms with E-state index in [1.165, 1.54) is 18.2 Å². The van der Waals surface area contributed by atoms with Gasteiger partial charge in [-0.2, -0.15) is 0 Å². The molecule has 0 aliphatic carbocycles. The molecule has 2 nitrogen and oxygen atoms in total. The Bertz CT molecular complexity index is 388. The minimum absolute atomic E-state index is 0.145. The molecule has 0 spiro atoms. The lowest BCUT2D eigenvalue weighted by molar-refractivity contribution is 0.217. The van der Waals surface area contributed by atoms with Crippen LogP contribution in [0.1, 0.15) is 31.4 Å². The van der Waals surface area contributed by atoms with Gasteiger partial charge in [0.1, 0.15) is 11.6 Å². The number of benzene rings is 1. The number of rotatable bonds is 5. The summed E-state index contributed by atoms with van der Waals surface area (Å²) in [5, 5.41) is 3.14. The fourth-order valence-electron chi connectivity index (χ4n) is 3.15. The number of hydrogen-bond donors (Lipinski definition) is 1. The zero-order valence-electron chi connectivity index (χ0n) is 11.6. The van der Waals surface area contributed by atoms with Crippen molar-refractivity contribution < 1.29 is 8.78 Å². The molecule has 1 heterocycles. The first-order valence-electron chi connectivity index (χ1n) is 7.01. The maximum absolute atomic E-state index is 14.0. The Labute approximate surface area is 113 Å². The minimum Gasteiger partial charge on any atom is -0.319 e. The van der Waals surface area contributed by atoms with Gasteiger partial charge in [-0.25, -0.2) is 8.78 Å². The van der Waals surface area contributed by atoms with Crippen molar-refractivity contribution in [2.45, 2.75) is 25.8 Å². The molecule has 1 aliphatic heterocycles. The topological polar surface area (TPSA) is 15.3 Å². The SMILES string of the molecule is CCCN1CCC(CNC)C1c1c(F)cccc1F. The van der Waals surface area contributed by atoms with E-state index < -0.39 is 11.6 Å². The number of nitrogens with one attached hydrogen (secondary N) is 1. The molecule has 1 aromatic carbocycles. The van der Waals surface area contributed by atoms with E-state index in [1.807, 2.05) is 7.05 Å². The second-order valence-electron chi connectivity index (χ2n) is 5.22. The van der Waals surface area contributed by atoms with Gasteiger partial charge < -0.3 is 5.32 Å². The van der Waals surface area contributed by atoms with Gasteiger partial charge in [-0.1, -0.05) is 13.0 Å². The fourth-order valence-corrected chi connectivity index (χ4v) is 3.15. The van der Waals surface area contributed by atoms with E-state index in [0.29, 0.717) is 0 Å². The zero-order chi connectivity index (χ0) is 13.8. The highest BCUT2D eigenvalue weighted by Gasteiger charge is 2.37. The molecule has 1 N–H and O–H groups in total. The van der Waals surface area contributed by atoms with Crippen molar-refractivity contribution in [1.29, 1.82) is 0 Å². The molecule has 19 heavy (non-hydrogen) atoms. The Morgan fingerprint density at radius 3 is 2.58 bits per heavy atom. The van der Waals surface area contributed by atoms with Gasteiger partial charge in [-0.15, -0.1) is 0 Å². The maximum atomic E-state index is 14.0. The lowest BCUT2D eigenvalue weighted by atomic mass is 9.92. The molecule has 2 unspecified atom stereocenters. The van der Waals surface area contributed by atoms with E-state index in [-0.39, 0.29) is 17.5 Å². The Morgan fingerprint density at radius 1 is 1.32 bits per heavy atom. The molecular formula is C15H22F2N2. The predicted octanol–water partition coefficient (Wildman–Crippen LogP) is 2.96. The highest BCUT2D eigenvalue weighted by molar-refractivity contribution is 5.25. The second-order valence-corrected chi connectivity index (χ2v) is 5.22. The second kappa shape index (κ2) is 6.44. The van der Waals surface area contributed by atoms with Crippen LogP contribution in [-0.2, 0) is 0 Å². The molecule has 0 amide bonds. The summed E-state index contributed by atoms with van der Waals surface area (Å²) in [6.45, 7) is 4.69. The van der Waals surface area contributed by atoms with Crippen LogP contribution in [0.25, 0.3) is 0 Å². The first kappa shape index (κ1) is 14.4. The highest BCUT2D eigenvalue weighted by Crippen LogP contribution is 2.39. The van der Waals surface area contributed by atoms with E-state index in [1.54, 1.807) is 0 Å². The van der Waals surface area contributed by atoms with Crippen LogP contribution >= 0.6 is 0 Å². The van der Waals surface area contributed by atoms with Crippen LogP contribution < -0.4 is 5.32 Å². The minimum atomic E-state index is -0.422. The molecule has 1 fully saturated rings. The van der Waals surface area contributed by atoms with Gasteiger partial charge >= 0.3 is 0 Å². The molecule has 0 bridgehead atoms. The van der Waals surface area contributed by atoms with E-state index in [9.17, 15) is 8.78 Å². The van der Waals surface area contributed by atoms with Crippen molar-refractivity contribution >= 4 is 0 Å². The quantitative estimate of drug-likeness (QED) is 0.883. The van der Waals surface area contributed by atoms with Crippen molar-refractivity contribution in [3.8, 4) is 0 Å². The molecule has 0 aromatic heterocycles.